The number of ether oxygens (including phenoxy) is 1. The van der Waals surface area contributed by atoms with Crippen molar-refractivity contribution in [3.8, 4) is 5.88 Å². The predicted molar refractivity (Wildman–Crippen MR) is 79.9 cm³/mol. The second-order valence-corrected chi connectivity index (χ2v) is 4.59. The minimum Gasteiger partial charge on any atom is -0.480 e. The van der Waals surface area contributed by atoms with E-state index < -0.39 is 0 Å². The van der Waals surface area contributed by atoms with E-state index in [4.69, 9.17) is 4.74 Å². The fourth-order valence-electron chi connectivity index (χ4n) is 2.18. The number of nitrogens with zero attached hydrogens (tertiary/aromatic N) is 2. The number of benzene rings is 1. The Kier molecular flexibility index (Phi) is 5.07. The highest BCUT2D eigenvalue weighted by Crippen LogP contribution is 2.22. The van der Waals surface area contributed by atoms with E-state index in [9.17, 15) is 0 Å². The van der Waals surface area contributed by atoms with E-state index in [1.807, 2.05) is 12.1 Å². The minimum atomic E-state index is 0.0601. The van der Waals surface area contributed by atoms with Gasteiger partial charge >= 0.3 is 0 Å². The highest BCUT2D eigenvalue weighted by molar-refractivity contribution is 5.31. The molecule has 0 saturated carbocycles. The highest BCUT2D eigenvalue weighted by Gasteiger charge is 2.15. The summed E-state index contributed by atoms with van der Waals surface area (Å²) in [4.78, 5) is 0. The lowest BCUT2D eigenvalue weighted by Gasteiger charge is -2.18. The lowest BCUT2D eigenvalue weighted by Crippen LogP contribution is -2.23. The maximum Gasteiger partial charge on any atom is 0.233 e. The molecule has 0 aliphatic carbocycles. The van der Waals surface area contributed by atoms with Crippen molar-refractivity contribution in [1.82, 2.24) is 15.5 Å². The van der Waals surface area contributed by atoms with E-state index >= 15 is 0 Å². The first-order valence-electron chi connectivity index (χ1n) is 6.98. The Balaban J connectivity index is 2.33. The van der Waals surface area contributed by atoms with Crippen LogP contribution in [-0.4, -0.2) is 23.9 Å². The van der Waals surface area contributed by atoms with Crippen LogP contribution in [0, 0.1) is 0 Å². The van der Waals surface area contributed by atoms with Crippen LogP contribution in [0.5, 0.6) is 5.88 Å². The molecule has 1 heterocycles. The van der Waals surface area contributed by atoms with E-state index in [0.717, 1.165) is 18.7 Å². The van der Waals surface area contributed by atoms with Gasteiger partial charge in [-0.2, -0.15) is 0 Å². The van der Waals surface area contributed by atoms with Gasteiger partial charge in [0.25, 0.3) is 0 Å². The molecule has 1 aromatic carbocycles. The van der Waals surface area contributed by atoms with E-state index in [2.05, 4.69) is 53.6 Å². The smallest absolute Gasteiger partial charge is 0.233 e. The number of hydrogen-bond acceptors (Lipinski definition) is 4. The summed E-state index contributed by atoms with van der Waals surface area (Å²) < 4.78 is 5.06. The molecule has 0 radical (unpaired) electrons. The second-order valence-electron chi connectivity index (χ2n) is 4.59. The van der Waals surface area contributed by atoms with Gasteiger partial charge in [0.1, 0.15) is 0 Å². The molecule has 20 heavy (non-hydrogen) atoms. The summed E-state index contributed by atoms with van der Waals surface area (Å²) in [6.07, 6.45) is 1.03. The zero-order valence-electron chi connectivity index (χ0n) is 12.3. The fraction of sp³-hybridized carbons (Fsp3) is 0.375. The van der Waals surface area contributed by atoms with Gasteiger partial charge in [0.15, 0.2) is 0 Å². The summed E-state index contributed by atoms with van der Waals surface area (Å²) >= 11 is 0. The number of aromatic nitrogens is 2. The molecule has 1 unspecified atom stereocenters. The van der Waals surface area contributed by atoms with Gasteiger partial charge in [-0.25, -0.2) is 0 Å². The third-order valence-corrected chi connectivity index (χ3v) is 3.27. The first-order valence-corrected chi connectivity index (χ1v) is 6.98. The first-order chi connectivity index (χ1) is 9.78. The summed E-state index contributed by atoms with van der Waals surface area (Å²) in [5, 5.41) is 11.8. The number of nitrogens with one attached hydrogen (secondary N) is 1. The number of rotatable bonds is 6. The maximum atomic E-state index is 5.06. The SMILES string of the molecule is CCNC(c1cccc(CC)c1)c1ccc(OC)nn1. The molecule has 0 aliphatic heterocycles. The average Bonchev–Trinajstić information content (AvgIpc) is 2.53. The molecule has 0 amide bonds. The zero-order chi connectivity index (χ0) is 14.4. The molecule has 2 aromatic rings. The number of methoxy groups -OCH3 is 1. The monoisotopic (exact) mass is 271 g/mol. The second kappa shape index (κ2) is 7.01. The van der Waals surface area contributed by atoms with Crippen LogP contribution >= 0.6 is 0 Å². The van der Waals surface area contributed by atoms with Crippen molar-refractivity contribution in [3.63, 3.8) is 0 Å². The van der Waals surface area contributed by atoms with Crippen LogP contribution in [0.25, 0.3) is 0 Å². The van der Waals surface area contributed by atoms with Crippen molar-refractivity contribution in [3.05, 3.63) is 53.2 Å². The summed E-state index contributed by atoms with van der Waals surface area (Å²) in [6, 6.07) is 12.4. The normalized spacial score (nSPS) is 12.2. The quantitative estimate of drug-likeness (QED) is 0.877. The largest absolute Gasteiger partial charge is 0.480 e. The van der Waals surface area contributed by atoms with Gasteiger partial charge in [0.05, 0.1) is 18.8 Å². The van der Waals surface area contributed by atoms with Crippen LogP contribution in [0.15, 0.2) is 36.4 Å². The fourth-order valence-corrected chi connectivity index (χ4v) is 2.18. The molecule has 4 heteroatoms. The van der Waals surface area contributed by atoms with Crippen molar-refractivity contribution in [2.24, 2.45) is 0 Å². The van der Waals surface area contributed by atoms with Crippen LogP contribution in [-0.2, 0) is 6.42 Å². The Morgan fingerprint density at radius 2 is 2.00 bits per heavy atom. The maximum absolute atomic E-state index is 5.06. The molecule has 4 nitrogen and oxygen atoms in total. The van der Waals surface area contributed by atoms with Gasteiger partial charge in [0.2, 0.25) is 5.88 Å². The van der Waals surface area contributed by atoms with Gasteiger partial charge < -0.3 is 10.1 Å². The topological polar surface area (TPSA) is 47.0 Å². The zero-order valence-corrected chi connectivity index (χ0v) is 12.3. The van der Waals surface area contributed by atoms with Gasteiger partial charge in [0, 0.05) is 6.07 Å². The average molecular weight is 271 g/mol. The lowest BCUT2D eigenvalue weighted by molar-refractivity contribution is 0.390. The Hall–Kier alpha value is -1.94. The Labute approximate surface area is 120 Å². The van der Waals surface area contributed by atoms with Crippen molar-refractivity contribution in [1.29, 1.82) is 0 Å². The molecule has 0 fully saturated rings. The van der Waals surface area contributed by atoms with E-state index in [-0.39, 0.29) is 6.04 Å². The number of hydrogen-bond donors (Lipinski definition) is 1. The van der Waals surface area contributed by atoms with Gasteiger partial charge in [-0.1, -0.05) is 38.1 Å². The summed E-state index contributed by atoms with van der Waals surface area (Å²) in [5.74, 6) is 0.534. The number of aryl methyl sites for hydroxylation is 1. The standard InChI is InChI=1S/C16H21N3O/c1-4-12-7-6-8-13(11-12)16(17-5-2)14-9-10-15(20-3)19-18-14/h6-11,16-17H,4-5H2,1-3H3. The molecular weight excluding hydrogens is 250 g/mol. The van der Waals surface area contributed by atoms with Crippen LogP contribution in [0.3, 0.4) is 0 Å². The summed E-state index contributed by atoms with van der Waals surface area (Å²) in [7, 11) is 1.59. The van der Waals surface area contributed by atoms with Crippen molar-refractivity contribution >= 4 is 0 Å². The minimum absolute atomic E-state index is 0.0601. The predicted octanol–water partition coefficient (Wildman–Crippen LogP) is 2.75. The molecule has 2 rings (SSSR count). The Morgan fingerprint density at radius 1 is 1.15 bits per heavy atom. The van der Waals surface area contributed by atoms with E-state index in [0.29, 0.717) is 5.88 Å². The molecule has 0 spiro atoms. The van der Waals surface area contributed by atoms with E-state index in [1.54, 1.807) is 7.11 Å². The lowest BCUT2D eigenvalue weighted by atomic mass is 10.00. The third-order valence-electron chi connectivity index (χ3n) is 3.27. The van der Waals surface area contributed by atoms with Crippen LogP contribution in [0.4, 0.5) is 0 Å². The van der Waals surface area contributed by atoms with Gasteiger partial charge in [-0.15, -0.1) is 10.2 Å². The molecule has 1 atom stereocenters. The van der Waals surface area contributed by atoms with Gasteiger partial charge in [-0.05, 0) is 30.2 Å². The van der Waals surface area contributed by atoms with Crippen molar-refractivity contribution in [2.45, 2.75) is 26.3 Å². The van der Waals surface area contributed by atoms with Crippen LogP contribution < -0.4 is 10.1 Å². The van der Waals surface area contributed by atoms with Crippen LogP contribution in [0.2, 0.25) is 0 Å². The molecule has 1 aromatic heterocycles. The van der Waals surface area contributed by atoms with E-state index in [1.165, 1.54) is 11.1 Å². The molecule has 106 valence electrons. The molecular formula is C16H21N3O. The molecule has 0 bridgehead atoms. The van der Waals surface area contributed by atoms with Crippen molar-refractivity contribution < 1.29 is 4.74 Å². The first kappa shape index (κ1) is 14.5. The van der Waals surface area contributed by atoms with Crippen LogP contribution in [0.1, 0.15) is 36.7 Å². The summed E-state index contributed by atoms with van der Waals surface area (Å²) in [5.41, 5.74) is 3.44. The Bertz CT molecular complexity index is 540. The molecule has 0 saturated heterocycles. The third kappa shape index (κ3) is 3.33. The highest BCUT2D eigenvalue weighted by atomic mass is 16.5. The molecule has 1 N–H and O–H groups in total. The molecule has 0 aliphatic rings. The summed E-state index contributed by atoms with van der Waals surface area (Å²) in [6.45, 7) is 5.12. The van der Waals surface area contributed by atoms with Gasteiger partial charge in [-0.3, -0.25) is 0 Å². The van der Waals surface area contributed by atoms with Crippen molar-refractivity contribution in [2.75, 3.05) is 13.7 Å². The Morgan fingerprint density at radius 3 is 2.60 bits per heavy atom.